The maximum absolute atomic E-state index is 10.6. The van der Waals surface area contributed by atoms with E-state index >= 15 is 0 Å². The number of carbonyl (C=O) groups is 1. The van der Waals surface area contributed by atoms with E-state index in [9.17, 15) is 4.79 Å². The molecular weight excluding hydrogens is 490 g/mol. The number of ether oxygens (including phenoxy) is 10. The zero-order valence-corrected chi connectivity index (χ0v) is 22.6. The van der Waals surface area contributed by atoms with Gasteiger partial charge in [-0.1, -0.05) is 0 Å². The van der Waals surface area contributed by atoms with E-state index in [0.717, 1.165) is 25.9 Å². The van der Waals surface area contributed by atoms with Crippen LogP contribution < -0.4 is 5.32 Å². The van der Waals surface area contributed by atoms with Gasteiger partial charge in [-0.05, 0) is 25.9 Å². The van der Waals surface area contributed by atoms with E-state index in [1.165, 1.54) is 6.92 Å². The molecule has 1 N–H and O–H groups in total. The molecule has 0 aromatic rings. The fraction of sp³-hybridized carbons (Fsp3) is 0.960. The van der Waals surface area contributed by atoms with Crippen molar-refractivity contribution in [2.24, 2.45) is 0 Å². The molecule has 0 radical (unpaired) electrons. The normalized spacial score (nSPS) is 14.3. The van der Waals surface area contributed by atoms with Crippen molar-refractivity contribution in [3.05, 3.63) is 0 Å². The highest BCUT2D eigenvalue weighted by molar-refractivity contribution is 5.65. The van der Waals surface area contributed by atoms with Gasteiger partial charge in [0.05, 0.1) is 118 Å². The smallest absolute Gasteiger partial charge is 0.302 e. The summed E-state index contributed by atoms with van der Waals surface area (Å²) in [6.45, 7) is 12.5. The Morgan fingerprint density at radius 2 is 0.811 bits per heavy atom. The Morgan fingerprint density at radius 3 is 1.14 bits per heavy atom. The molecule has 1 heterocycles. The van der Waals surface area contributed by atoms with Crippen LogP contribution in [-0.2, 0) is 52.2 Å². The third-order valence-corrected chi connectivity index (χ3v) is 5.00. The van der Waals surface area contributed by atoms with Crippen LogP contribution in [0.5, 0.6) is 0 Å². The zero-order valence-electron chi connectivity index (χ0n) is 22.6. The number of nitrogens with one attached hydrogen (secondary N) is 1. The first-order valence-corrected chi connectivity index (χ1v) is 13.4. The lowest BCUT2D eigenvalue weighted by Gasteiger charge is -2.22. The second kappa shape index (κ2) is 28.1. The summed E-state index contributed by atoms with van der Waals surface area (Å²) in [5, 5.41) is 3.32. The summed E-state index contributed by atoms with van der Waals surface area (Å²) in [6, 6.07) is 0. The Hall–Kier alpha value is -0.930. The van der Waals surface area contributed by atoms with Crippen LogP contribution in [0.4, 0.5) is 0 Å². The number of hydrogen-bond acceptors (Lipinski definition) is 12. The van der Waals surface area contributed by atoms with Gasteiger partial charge < -0.3 is 52.7 Å². The second-order valence-corrected chi connectivity index (χ2v) is 8.06. The third kappa shape index (κ3) is 26.5. The van der Waals surface area contributed by atoms with Crippen LogP contribution in [0, 0.1) is 0 Å². The van der Waals surface area contributed by atoms with Crippen LogP contribution in [0.3, 0.4) is 0 Å². The minimum absolute atomic E-state index is 0.263. The van der Waals surface area contributed by atoms with E-state index in [4.69, 9.17) is 47.4 Å². The molecule has 0 unspecified atom stereocenters. The molecule has 0 spiro atoms. The van der Waals surface area contributed by atoms with Crippen LogP contribution in [0.2, 0.25) is 0 Å². The van der Waals surface area contributed by atoms with Gasteiger partial charge >= 0.3 is 5.97 Å². The van der Waals surface area contributed by atoms with Gasteiger partial charge in [0.2, 0.25) is 0 Å². The molecule has 37 heavy (non-hydrogen) atoms. The fourth-order valence-corrected chi connectivity index (χ4v) is 3.12. The van der Waals surface area contributed by atoms with Gasteiger partial charge in [0, 0.05) is 6.92 Å². The minimum Gasteiger partial charge on any atom is -0.463 e. The van der Waals surface area contributed by atoms with Gasteiger partial charge in [0.25, 0.3) is 0 Å². The summed E-state index contributed by atoms with van der Waals surface area (Å²) >= 11 is 0. The van der Waals surface area contributed by atoms with E-state index in [-0.39, 0.29) is 12.6 Å². The summed E-state index contributed by atoms with van der Waals surface area (Å²) in [4.78, 5) is 10.6. The summed E-state index contributed by atoms with van der Waals surface area (Å²) < 4.78 is 53.9. The van der Waals surface area contributed by atoms with Gasteiger partial charge in [-0.25, -0.2) is 0 Å². The number of hydrogen-bond donors (Lipinski definition) is 1. The summed E-state index contributed by atoms with van der Waals surface area (Å²) in [7, 11) is 0. The van der Waals surface area contributed by atoms with Gasteiger partial charge in [-0.15, -0.1) is 0 Å². The van der Waals surface area contributed by atoms with Crippen LogP contribution in [0.25, 0.3) is 0 Å². The molecule has 0 aromatic carbocycles. The van der Waals surface area contributed by atoms with Crippen LogP contribution in [0.1, 0.15) is 19.8 Å². The number of rotatable bonds is 28. The van der Waals surface area contributed by atoms with Gasteiger partial charge in [-0.2, -0.15) is 0 Å². The molecule has 0 bridgehead atoms. The SMILES string of the molecule is CC(=O)OCCOCCOCCOCCOCCOCCOCCOCCOCCOC1CCNCC1. The predicted molar refractivity (Wildman–Crippen MR) is 135 cm³/mol. The maximum atomic E-state index is 10.6. The van der Waals surface area contributed by atoms with Gasteiger partial charge in [-0.3, -0.25) is 4.79 Å². The van der Waals surface area contributed by atoms with Gasteiger partial charge in [0.15, 0.2) is 0 Å². The molecule has 1 aliphatic rings. The van der Waals surface area contributed by atoms with Crippen molar-refractivity contribution in [1.29, 1.82) is 0 Å². The highest BCUT2D eigenvalue weighted by Crippen LogP contribution is 2.06. The molecule has 0 aromatic heterocycles. The Balaban J connectivity index is 1.62. The van der Waals surface area contributed by atoms with Gasteiger partial charge in [0.1, 0.15) is 6.61 Å². The van der Waals surface area contributed by atoms with Crippen molar-refractivity contribution in [2.45, 2.75) is 25.9 Å². The number of carbonyl (C=O) groups excluding carboxylic acids is 1. The summed E-state index contributed by atoms with van der Waals surface area (Å²) in [5.74, 6) is -0.307. The number of piperidine rings is 1. The molecule has 1 rings (SSSR count). The summed E-state index contributed by atoms with van der Waals surface area (Å²) in [5.41, 5.74) is 0. The lowest BCUT2D eigenvalue weighted by Crippen LogP contribution is -2.33. The molecule has 12 heteroatoms. The van der Waals surface area contributed by atoms with Crippen molar-refractivity contribution in [1.82, 2.24) is 5.32 Å². The van der Waals surface area contributed by atoms with Crippen molar-refractivity contribution < 1.29 is 52.2 Å². The van der Waals surface area contributed by atoms with Crippen molar-refractivity contribution in [2.75, 3.05) is 132 Å². The molecule has 1 aliphatic heterocycles. The summed E-state index contributed by atoms with van der Waals surface area (Å²) in [6.07, 6.45) is 2.53. The quantitative estimate of drug-likeness (QED) is 0.110. The van der Waals surface area contributed by atoms with Crippen molar-refractivity contribution in [3.8, 4) is 0 Å². The second-order valence-electron chi connectivity index (χ2n) is 8.06. The molecule has 1 saturated heterocycles. The lowest BCUT2D eigenvalue weighted by molar-refractivity contribution is -0.142. The first kappa shape index (κ1) is 34.1. The average molecular weight is 540 g/mol. The zero-order chi connectivity index (χ0) is 26.5. The molecular formula is C25H49NO11. The Morgan fingerprint density at radius 1 is 0.514 bits per heavy atom. The largest absolute Gasteiger partial charge is 0.463 e. The molecule has 12 nitrogen and oxygen atoms in total. The topological polar surface area (TPSA) is 121 Å². The van der Waals surface area contributed by atoms with E-state index in [0.29, 0.717) is 118 Å². The minimum atomic E-state index is -0.307. The maximum Gasteiger partial charge on any atom is 0.302 e. The first-order valence-electron chi connectivity index (χ1n) is 13.4. The highest BCUT2D eigenvalue weighted by atomic mass is 16.6. The molecule has 0 atom stereocenters. The molecule has 0 aliphatic carbocycles. The van der Waals surface area contributed by atoms with Crippen molar-refractivity contribution >= 4 is 5.97 Å². The van der Waals surface area contributed by atoms with E-state index in [1.54, 1.807) is 0 Å². The molecule has 0 saturated carbocycles. The Bertz CT molecular complexity index is 482. The Labute approximate surface area is 221 Å². The van der Waals surface area contributed by atoms with E-state index < -0.39 is 0 Å². The van der Waals surface area contributed by atoms with E-state index in [1.807, 2.05) is 0 Å². The predicted octanol–water partition coefficient (Wildman–Crippen LogP) is 0.451. The Kier molecular flexibility index (Phi) is 25.9. The van der Waals surface area contributed by atoms with E-state index in [2.05, 4.69) is 5.32 Å². The lowest BCUT2D eigenvalue weighted by atomic mass is 10.1. The van der Waals surface area contributed by atoms with Crippen LogP contribution in [-0.4, -0.2) is 144 Å². The standard InChI is InChI=1S/C25H49NO11/c1-24(27)36-22-20-34-18-16-32-14-12-30-10-8-28-6-7-29-9-11-31-13-15-33-17-19-35-21-23-37-25-2-4-26-5-3-25/h25-26H,2-23H2,1H3. The molecule has 1 fully saturated rings. The average Bonchev–Trinajstić information content (AvgIpc) is 2.90. The molecule has 0 amide bonds. The third-order valence-electron chi connectivity index (χ3n) is 5.00. The fourth-order valence-electron chi connectivity index (χ4n) is 3.12. The first-order chi connectivity index (χ1) is 18.3. The highest BCUT2D eigenvalue weighted by Gasteiger charge is 2.12. The van der Waals surface area contributed by atoms with Crippen molar-refractivity contribution in [3.63, 3.8) is 0 Å². The van der Waals surface area contributed by atoms with Crippen LogP contribution in [0.15, 0.2) is 0 Å². The molecule has 220 valence electrons. The van der Waals surface area contributed by atoms with Crippen LogP contribution >= 0.6 is 0 Å². The monoisotopic (exact) mass is 539 g/mol. The number of esters is 1.